The van der Waals surface area contributed by atoms with Crippen molar-refractivity contribution >= 4 is 0 Å². The molecule has 0 aromatic heterocycles. The standard InChI is InChI=1S/C4H4N4O6/c9-5-1-3(7(11)13-5)4-2-6(10)14-8(4)12/h1-2H2/q-4/b4-3+. The first-order chi connectivity index (χ1) is 6.58. The van der Waals surface area contributed by atoms with E-state index >= 15 is 0 Å². The van der Waals surface area contributed by atoms with Crippen molar-refractivity contribution in [2.24, 2.45) is 0 Å². The van der Waals surface area contributed by atoms with Gasteiger partial charge in [0.25, 0.3) is 0 Å². The van der Waals surface area contributed by atoms with Crippen molar-refractivity contribution in [2.45, 2.75) is 0 Å². The highest BCUT2D eigenvalue weighted by atomic mass is 17.1. The molecular weight excluding hydrogens is 200 g/mol. The molecule has 2 aliphatic rings. The monoisotopic (exact) mass is 204 g/mol. The average molecular weight is 204 g/mol. The van der Waals surface area contributed by atoms with Crippen LogP contribution in [0.1, 0.15) is 0 Å². The van der Waals surface area contributed by atoms with Crippen LogP contribution in [0.25, 0.3) is 0 Å². The topological polar surface area (TPSA) is 124 Å². The second-order valence-corrected chi connectivity index (χ2v) is 2.55. The van der Waals surface area contributed by atoms with E-state index in [1.54, 1.807) is 0 Å². The number of rotatable bonds is 0. The third kappa shape index (κ3) is 1.52. The Morgan fingerprint density at radius 3 is 1.36 bits per heavy atom. The van der Waals surface area contributed by atoms with Crippen LogP contribution in [0.4, 0.5) is 0 Å². The molecule has 0 N–H and O–H groups in total. The Kier molecular flexibility index (Phi) is 2.26. The van der Waals surface area contributed by atoms with Gasteiger partial charge in [-0.05, 0) is 0 Å². The SMILES string of the molecule is [O-]N1C/C(=C2/CN([O-])ON2[O-])N([O-])O1. The summed E-state index contributed by atoms with van der Waals surface area (Å²) >= 11 is 0. The smallest absolute Gasteiger partial charge is 0.0678 e. The molecule has 0 bridgehead atoms. The molecule has 0 spiro atoms. The lowest BCUT2D eigenvalue weighted by atomic mass is 10.3. The van der Waals surface area contributed by atoms with Gasteiger partial charge in [0.05, 0.1) is 24.5 Å². The van der Waals surface area contributed by atoms with E-state index in [9.17, 15) is 20.8 Å². The van der Waals surface area contributed by atoms with E-state index in [1.807, 2.05) is 0 Å². The van der Waals surface area contributed by atoms with Crippen LogP contribution in [0.5, 0.6) is 0 Å². The van der Waals surface area contributed by atoms with Crippen LogP contribution in [0.2, 0.25) is 0 Å². The predicted molar refractivity (Wildman–Crippen MR) is 39.8 cm³/mol. The minimum atomic E-state index is -0.422. The first-order valence-corrected chi connectivity index (χ1v) is 3.50. The van der Waals surface area contributed by atoms with E-state index in [0.717, 1.165) is 0 Å². The number of hydrogen-bond acceptors (Lipinski definition) is 10. The molecule has 10 heteroatoms. The maximum atomic E-state index is 10.9. The van der Waals surface area contributed by atoms with Crippen molar-refractivity contribution in [1.29, 1.82) is 0 Å². The summed E-state index contributed by atoms with van der Waals surface area (Å²) in [6, 6.07) is 0. The summed E-state index contributed by atoms with van der Waals surface area (Å²) in [6.45, 7) is -0.844. The summed E-state index contributed by atoms with van der Waals surface area (Å²) in [5.74, 6) is 0. The van der Waals surface area contributed by atoms with Crippen LogP contribution in [0, 0.1) is 20.8 Å². The normalized spacial score (nSPS) is 30.9. The zero-order valence-corrected chi connectivity index (χ0v) is 6.65. The summed E-state index contributed by atoms with van der Waals surface area (Å²) in [4.78, 5) is 8.05. The van der Waals surface area contributed by atoms with Gasteiger partial charge in [-0.1, -0.05) is 0 Å². The summed E-state index contributed by atoms with van der Waals surface area (Å²) in [6.07, 6.45) is 0. The molecule has 2 heterocycles. The van der Waals surface area contributed by atoms with Gasteiger partial charge < -0.3 is 31.3 Å². The van der Waals surface area contributed by atoms with Gasteiger partial charge in [0.1, 0.15) is 0 Å². The van der Waals surface area contributed by atoms with E-state index < -0.39 is 13.1 Å². The Balaban J connectivity index is 2.22. The lowest BCUT2D eigenvalue weighted by Crippen LogP contribution is -2.16. The molecule has 0 amide bonds. The van der Waals surface area contributed by atoms with Crippen molar-refractivity contribution < 1.29 is 9.88 Å². The van der Waals surface area contributed by atoms with Crippen molar-refractivity contribution in [1.82, 2.24) is 20.9 Å². The van der Waals surface area contributed by atoms with Gasteiger partial charge in [-0.15, -0.1) is 0 Å². The lowest BCUT2D eigenvalue weighted by Gasteiger charge is -2.29. The minimum Gasteiger partial charge on any atom is -0.760 e. The fraction of sp³-hybridized carbons (Fsp3) is 0.500. The summed E-state index contributed by atoms with van der Waals surface area (Å²) in [7, 11) is 0. The Bertz CT molecular complexity index is 245. The van der Waals surface area contributed by atoms with E-state index in [1.165, 1.54) is 0 Å². The molecule has 0 radical (unpaired) electrons. The van der Waals surface area contributed by atoms with E-state index in [4.69, 9.17) is 0 Å². The highest BCUT2D eigenvalue weighted by Gasteiger charge is 2.23. The molecular formula is C4H4N4O6-4. The maximum Gasteiger partial charge on any atom is 0.0678 e. The van der Waals surface area contributed by atoms with E-state index in [-0.39, 0.29) is 32.3 Å². The van der Waals surface area contributed by atoms with Crippen molar-refractivity contribution in [3.05, 3.63) is 32.2 Å². The minimum absolute atomic E-state index is 0.0172. The molecule has 2 fully saturated rings. The molecule has 80 valence electrons. The summed E-state index contributed by atoms with van der Waals surface area (Å²) in [5.41, 5.74) is -0.485. The van der Waals surface area contributed by atoms with Gasteiger partial charge in [-0.2, -0.15) is 0 Å². The van der Waals surface area contributed by atoms with Gasteiger partial charge in [0.2, 0.25) is 0 Å². The molecule has 0 aromatic rings. The number of hydrogen-bond donors (Lipinski definition) is 0. The van der Waals surface area contributed by atoms with Gasteiger partial charge in [0.15, 0.2) is 0 Å². The highest BCUT2D eigenvalue weighted by Crippen LogP contribution is 2.25. The predicted octanol–water partition coefficient (Wildman–Crippen LogP) is -0.882. The van der Waals surface area contributed by atoms with Gasteiger partial charge in [-0.25, -0.2) is 20.3 Å². The Morgan fingerprint density at radius 2 is 1.14 bits per heavy atom. The number of hydroxylamine groups is 8. The second-order valence-electron chi connectivity index (χ2n) is 2.55. The molecule has 0 saturated carbocycles. The summed E-state index contributed by atoms with van der Waals surface area (Å²) in [5, 5.41) is 42.6. The molecule has 10 nitrogen and oxygen atoms in total. The fourth-order valence-corrected chi connectivity index (χ4v) is 1.08. The molecule has 0 unspecified atom stereocenters. The fourth-order valence-electron chi connectivity index (χ4n) is 1.08. The van der Waals surface area contributed by atoms with E-state index in [2.05, 4.69) is 9.88 Å². The van der Waals surface area contributed by atoms with Crippen molar-refractivity contribution in [3.63, 3.8) is 0 Å². The van der Waals surface area contributed by atoms with Crippen LogP contribution >= 0.6 is 0 Å². The first kappa shape index (κ1) is 9.57. The molecule has 0 aliphatic carbocycles. The Morgan fingerprint density at radius 1 is 0.786 bits per heavy atom. The molecule has 2 saturated heterocycles. The van der Waals surface area contributed by atoms with Crippen LogP contribution in [0.15, 0.2) is 11.4 Å². The molecule has 2 aliphatic heterocycles. The summed E-state index contributed by atoms with van der Waals surface area (Å²) < 4.78 is 0. The highest BCUT2D eigenvalue weighted by molar-refractivity contribution is 5.17. The van der Waals surface area contributed by atoms with Gasteiger partial charge in [-0.3, -0.25) is 0 Å². The van der Waals surface area contributed by atoms with Crippen LogP contribution in [-0.4, -0.2) is 34.0 Å². The third-order valence-corrected chi connectivity index (χ3v) is 1.66. The molecule has 0 aromatic carbocycles. The molecule has 2 rings (SSSR count). The van der Waals surface area contributed by atoms with Crippen LogP contribution in [0.3, 0.4) is 0 Å². The Labute approximate surface area is 77.2 Å². The average Bonchev–Trinajstić information content (AvgIpc) is 2.55. The lowest BCUT2D eigenvalue weighted by molar-refractivity contribution is -0.220. The largest absolute Gasteiger partial charge is 0.760 e. The van der Waals surface area contributed by atoms with E-state index in [0.29, 0.717) is 0 Å². The first-order valence-electron chi connectivity index (χ1n) is 3.50. The van der Waals surface area contributed by atoms with Crippen LogP contribution < -0.4 is 0 Å². The number of nitrogens with zero attached hydrogens (tertiary/aromatic N) is 4. The zero-order valence-electron chi connectivity index (χ0n) is 6.65. The van der Waals surface area contributed by atoms with Gasteiger partial charge >= 0.3 is 0 Å². The van der Waals surface area contributed by atoms with Gasteiger partial charge in [0, 0.05) is 0 Å². The van der Waals surface area contributed by atoms with Crippen molar-refractivity contribution in [2.75, 3.05) is 13.1 Å². The van der Waals surface area contributed by atoms with Crippen molar-refractivity contribution in [3.8, 4) is 0 Å². The zero-order chi connectivity index (χ0) is 10.3. The molecule has 0 atom stereocenters. The van der Waals surface area contributed by atoms with Crippen LogP contribution in [-0.2, 0) is 9.88 Å². The quantitative estimate of drug-likeness (QED) is 0.490. The maximum absolute atomic E-state index is 10.9. The Hall–Kier alpha value is -0.980. The second kappa shape index (κ2) is 3.30. The third-order valence-electron chi connectivity index (χ3n) is 1.66. The molecule has 14 heavy (non-hydrogen) atoms.